The fourth-order valence-corrected chi connectivity index (χ4v) is 2.12. The Balaban J connectivity index is 1.86. The number of carbonyl (C=O) groups is 1. The number of aromatic amines is 1. The smallest absolute Gasteiger partial charge is 0.354 e. The Bertz CT molecular complexity index is 743. The van der Waals surface area contributed by atoms with Crippen LogP contribution in [0.4, 0.5) is 0 Å². The van der Waals surface area contributed by atoms with E-state index in [0.717, 1.165) is 16.7 Å². The van der Waals surface area contributed by atoms with E-state index in [2.05, 4.69) is 4.98 Å². The first kappa shape index (κ1) is 13.3. The van der Waals surface area contributed by atoms with E-state index in [4.69, 9.17) is 13.9 Å². The molecule has 3 aromatic rings. The van der Waals surface area contributed by atoms with Crippen molar-refractivity contribution in [2.45, 2.75) is 13.5 Å². The van der Waals surface area contributed by atoms with Gasteiger partial charge in [-0.2, -0.15) is 0 Å². The summed E-state index contributed by atoms with van der Waals surface area (Å²) in [5, 5.41) is 0.840. The second kappa shape index (κ2) is 5.75. The molecule has 0 aliphatic carbocycles. The molecule has 0 aliphatic heterocycles. The van der Waals surface area contributed by atoms with Gasteiger partial charge in [-0.1, -0.05) is 6.07 Å². The van der Waals surface area contributed by atoms with Gasteiger partial charge in [-0.15, -0.1) is 0 Å². The van der Waals surface area contributed by atoms with Gasteiger partial charge in [-0.25, -0.2) is 4.79 Å². The van der Waals surface area contributed by atoms with Crippen molar-refractivity contribution in [2.24, 2.45) is 0 Å². The molecule has 1 aromatic carbocycles. The maximum Gasteiger partial charge on any atom is 0.354 e. The van der Waals surface area contributed by atoms with Crippen LogP contribution in [0.25, 0.3) is 10.9 Å². The SMILES string of the molecule is CCOC(=O)c1cc2c(OCc3ccco3)cccc2[nH]1. The Morgan fingerprint density at radius 1 is 1.29 bits per heavy atom. The van der Waals surface area contributed by atoms with E-state index in [1.807, 2.05) is 30.3 Å². The minimum absolute atomic E-state index is 0.339. The predicted octanol–water partition coefficient (Wildman–Crippen LogP) is 3.52. The highest BCUT2D eigenvalue weighted by Crippen LogP contribution is 2.27. The van der Waals surface area contributed by atoms with E-state index in [9.17, 15) is 4.79 Å². The van der Waals surface area contributed by atoms with Gasteiger partial charge in [0.1, 0.15) is 23.8 Å². The molecule has 2 aromatic heterocycles. The van der Waals surface area contributed by atoms with Gasteiger partial charge >= 0.3 is 5.97 Å². The normalized spacial score (nSPS) is 10.7. The summed E-state index contributed by atoms with van der Waals surface area (Å²) in [5.41, 5.74) is 1.25. The molecule has 0 bridgehead atoms. The molecule has 0 saturated carbocycles. The standard InChI is InChI=1S/C16H15NO4/c1-2-19-16(18)14-9-12-13(17-14)6-3-7-15(12)21-10-11-5-4-8-20-11/h3-9,17H,2,10H2,1H3. The molecule has 3 rings (SSSR count). The zero-order chi connectivity index (χ0) is 14.7. The zero-order valence-corrected chi connectivity index (χ0v) is 11.6. The second-order valence-corrected chi connectivity index (χ2v) is 4.49. The Labute approximate surface area is 121 Å². The van der Waals surface area contributed by atoms with E-state index >= 15 is 0 Å². The molecule has 0 unspecified atom stereocenters. The van der Waals surface area contributed by atoms with Crippen LogP contribution in [-0.4, -0.2) is 17.6 Å². The first-order valence-electron chi connectivity index (χ1n) is 6.72. The van der Waals surface area contributed by atoms with Crippen LogP contribution in [0.1, 0.15) is 23.2 Å². The van der Waals surface area contributed by atoms with Gasteiger partial charge in [0.15, 0.2) is 0 Å². The minimum atomic E-state index is -0.370. The van der Waals surface area contributed by atoms with E-state index in [0.29, 0.717) is 24.7 Å². The van der Waals surface area contributed by atoms with Gasteiger partial charge in [-0.05, 0) is 37.3 Å². The van der Waals surface area contributed by atoms with Crippen molar-refractivity contribution in [3.63, 3.8) is 0 Å². The van der Waals surface area contributed by atoms with Crippen LogP contribution in [0.3, 0.4) is 0 Å². The summed E-state index contributed by atoms with van der Waals surface area (Å²) in [5.74, 6) is 1.06. The molecule has 1 N–H and O–H groups in total. The number of carbonyl (C=O) groups excluding carboxylic acids is 1. The van der Waals surface area contributed by atoms with Crippen LogP contribution in [0.2, 0.25) is 0 Å². The van der Waals surface area contributed by atoms with Crippen molar-refractivity contribution in [3.05, 3.63) is 54.1 Å². The third-order valence-corrected chi connectivity index (χ3v) is 3.07. The fourth-order valence-electron chi connectivity index (χ4n) is 2.12. The number of nitrogens with one attached hydrogen (secondary N) is 1. The number of benzene rings is 1. The van der Waals surface area contributed by atoms with E-state index in [1.165, 1.54) is 0 Å². The van der Waals surface area contributed by atoms with Gasteiger partial charge in [0.25, 0.3) is 0 Å². The molecular weight excluding hydrogens is 270 g/mol. The van der Waals surface area contributed by atoms with Crippen molar-refractivity contribution in [1.82, 2.24) is 4.98 Å². The quantitative estimate of drug-likeness (QED) is 0.728. The van der Waals surface area contributed by atoms with Crippen LogP contribution in [0.15, 0.2) is 47.1 Å². The van der Waals surface area contributed by atoms with E-state index in [-0.39, 0.29) is 5.97 Å². The molecule has 0 radical (unpaired) electrons. The lowest BCUT2D eigenvalue weighted by Gasteiger charge is -2.05. The molecule has 0 aliphatic rings. The first-order valence-corrected chi connectivity index (χ1v) is 6.72. The summed E-state index contributed by atoms with van der Waals surface area (Å²) >= 11 is 0. The third-order valence-electron chi connectivity index (χ3n) is 3.07. The molecule has 108 valence electrons. The Morgan fingerprint density at radius 2 is 2.19 bits per heavy atom. The number of furan rings is 1. The Kier molecular flexibility index (Phi) is 3.64. The van der Waals surface area contributed by atoms with Crippen molar-refractivity contribution in [1.29, 1.82) is 0 Å². The lowest BCUT2D eigenvalue weighted by atomic mass is 10.2. The highest BCUT2D eigenvalue weighted by molar-refractivity contribution is 5.97. The van der Waals surface area contributed by atoms with Crippen molar-refractivity contribution >= 4 is 16.9 Å². The molecule has 5 heteroatoms. The molecule has 0 atom stereocenters. The zero-order valence-electron chi connectivity index (χ0n) is 11.6. The lowest BCUT2D eigenvalue weighted by Crippen LogP contribution is -2.04. The molecular formula is C16H15NO4. The van der Waals surface area contributed by atoms with Crippen LogP contribution in [0, 0.1) is 0 Å². The number of hydrogen-bond acceptors (Lipinski definition) is 4. The monoisotopic (exact) mass is 285 g/mol. The first-order chi connectivity index (χ1) is 10.3. The van der Waals surface area contributed by atoms with Gasteiger partial charge < -0.3 is 18.9 Å². The molecule has 0 saturated heterocycles. The molecule has 0 spiro atoms. The summed E-state index contributed by atoms with van der Waals surface area (Å²) in [6, 6.07) is 11.0. The fraction of sp³-hybridized carbons (Fsp3) is 0.188. The van der Waals surface area contributed by atoms with Crippen LogP contribution in [0.5, 0.6) is 5.75 Å². The van der Waals surface area contributed by atoms with Gasteiger partial charge in [0.2, 0.25) is 0 Å². The molecule has 21 heavy (non-hydrogen) atoms. The largest absolute Gasteiger partial charge is 0.485 e. The highest BCUT2D eigenvalue weighted by Gasteiger charge is 2.13. The number of fused-ring (bicyclic) bond motifs is 1. The summed E-state index contributed by atoms with van der Waals surface area (Å²) in [6.45, 7) is 2.46. The number of aromatic nitrogens is 1. The van der Waals surface area contributed by atoms with E-state index in [1.54, 1.807) is 19.3 Å². The van der Waals surface area contributed by atoms with Gasteiger partial charge in [0.05, 0.1) is 12.9 Å². The highest BCUT2D eigenvalue weighted by atomic mass is 16.5. The topological polar surface area (TPSA) is 64.5 Å². The van der Waals surface area contributed by atoms with Crippen LogP contribution in [-0.2, 0) is 11.3 Å². The van der Waals surface area contributed by atoms with Crippen molar-refractivity contribution in [3.8, 4) is 5.75 Å². The maximum atomic E-state index is 11.8. The average Bonchev–Trinajstić information content (AvgIpc) is 3.14. The number of ether oxygens (including phenoxy) is 2. The number of rotatable bonds is 5. The number of H-pyrrole nitrogens is 1. The van der Waals surface area contributed by atoms with Crippen LogP contribution >= 0.6 is 0 Å². The second-order valence-electron chi connectivity index (χ2n) is 4.49. The van der Waals surface area contributed by atoms with Crippen molar-refractivity contribution in [2.75, 3.05) is 6.61 Å². The molecule has 0 fully saturated rings. The van der Waals surface area contributed by atoms with Crippen LogP contribution < -0.4 is 4.74 Å². The Hall–Kier alpha value is -2.69. The summed E-state index contributed by atoms with van der Waals surface area (Å²) in [7, 11) is 0. The molecule has 5 nitrogen and oxygen atoms in total. The number of hydrogen-bond donors (Lipinski definition) is 1. The van der Waals surface area contributed by atoms with Crippen molar-refractivity contribution < 1.29 is 18.7 Å². The predicted molar refractivity (Wildman–Crippen MR) is 77.3 cm³/mol. The summed E-state index contributed by atoms with van der Waals surface area (Å²) in [6.07, 6.45) is 1.61. The summed E-state index contributed by atoms with van der Waals surface area (Å²) < 4.78 is 16.0. The lowest BCUT2D eigenvalue weighted by molar-refractivity contribution is 0.0520. The van der Waals surface area contributed by atoms with Gasteiger partial charge in [-0.3, -0.25) is 0 Å². The molecule has 0 amide bonds. The summed E-state index contributed by atoms with van der Waals surface area (Å²) in [4.78, 5) is 14.8. The van der Waals surface area contributed by atoms with E-state index < -0.39 is 0 Å². The minimum Gasteiger partial charge on any atom is -0.485 e. The maximum absolute atomic E-state index is 11.8. The average molecular weight is 285 g/mol. The Morgan fingerprint density at radius 3 is 2.95 bits per heavy atom. The molecule has 2 heterocycles. The third kappa shape index (κ3) is 2.76. The van der Waals surface area contributed by atoms with Gasteiger partial charge in [0, 0.05) is 10.9 Å². The number of esters is 1.